The van der Waals surface area contributed by atoms with Crippen LogP contribution in [-0.4, -0.2) is 43.1 Å². The van der Waals surface area contributed by atoms with Crippen LogP contribution in [0.5, 0.6) is 11.5 Å². The molecule has 0 aliphatic carbocycles. The Balaban J connectivity index is 2.45. The molecule has 6 heteroatoms. The van der Waals surface area contributed by atoms with E-state index in [4.69, 9.17) is 9.47 Å². The van der Waals surface area contributed by atoms with Crippen molar-refractivity contribution in [2.24, 2.45) is 0 Å². The lowest BCUT2D eigenvalue weighted by atomic mass is 9.77. The van der Waals surface area contributed by atoms with Crippen LogP contribution in [0.15, 0.2) is 12.1 Å². The van der Waals surface area contributed by atoms with Gasteiger partial charge in [0, 0.05) is 39.0 Å². The van der Waals surface area contributed by atoms with Crippen molar-refractivity contribution in [3.05, 3.63) is 23.3 Å². The van der Waals surface area contributed by atoms with Gasteiger partial charge >= 0.3 is 12.0 Å². The van der Waals surface area contributed by atoms with E-state index in [-0.39, 0.29) is 23.3 Å². The van der Waals surface area contributed by atoms with Gasteiger partial charge in [0.25, 0.3) is 0 Å². The van der Waals surface area contributed by atoms with Gasteiger partial charge in [-0.1, -0.05) is 46.5 Å². The second kappa shape index (κ2) is 10.6. The Morgan fingerprint density at radius 2 is 1.91 bits per heavy atom. The Labute approximate surface area is 194 Å². The number of carbonyl (C=O) groups is 2. The lowest BCUT2D eigenvalue weighted by Crippen LogP contribution is -2.42. The molecule has 1 unspecified atom stereocenters. The fraction of sp³-hybridized carbons (Fsp3) is 0.692. The zero-order chi connectivity index (χ0) is 24.1. The van der Waals surface area contributed by atoms with Crippen molar-refractivity contribution in [2.45, 2.75) is 97.0 Å². The molecule has 1 aliphatic heterocycles. The SMILES string of the molecule is CCCCCCC(C)(C)c1cc(OC(C)=O)c2c(c1)OC(C)(C)CC2CNC(=O)N(C)C. The van der Waals surface area contributed by atoms with Gasteiger partial charge in [-0.15, -0.1) is 0 Å². The van der Waals surface area contributed by atoms with Crippen LogP contribution in [0.2, 0.25) is 0 Å². The molecule has 0 fully saturated rings. The van der Waals surface area contributed by atoms with Gasteiger partial charge in [-0.25, -0.2) is 4.79 Å². The highest BCUT2D eigenvalue weighted by Crippen LogP contribution is 2.48. The molecule has 1 heterocycles. The third kappa shape index (κ3) is 6.88. The molecule has 0 radical (unpaired) electrons. The molecule has 1 aromatic rings. The Morgan fingerprint density at radius 1 is 1.22 bits per heavy atom. The Bertz CT molecular complexity index is 814. The first kappa shape index (κ1) is 26.0. The molecule has 0 bridgehead atoms. The van der Waals surface area contributed by atoms with Crippen LogP contribution in [0.3, 0.4) is 0 Å². The van der Waals surface area contributed by atoms with E-state index in [1.807, 2.05) is 6.07 Å². The van der Waals surface area contributed by atoms with Crippen LogP contribution >= 0.6 is 0 Å². The van der Waals surface area contributed by atoms with Crippen LogP contribution in [0.1, 0.15) is 97.1 Å². The van der Waals surface area contributed by atoms with E-state index in [9.17, 15) is 9.59 Å². The van der Waals surface area contributed by atoms with Gasteiger partial charge < -0.3 is 19.7 Å². The van der Waals surface area contributed by atoms with Crippen LogP contribution in [0, 0.1) is 0 Å². The van der Waals surface area contributed by atoms with E-state index in [1.165, 1.54) is 31.1 Å². The van der Waals surface area contributed by atoms with E-state index in [2.05, 4.69) is 46.0 Å². The maximum atomic E-state index is 12.2. The fourth-order valence-electron chi connectivity index (χ4n) is 4.43. The summed E-state index contributed by atoms with van der Waals surface area (Å²) >= 11 is 0. The summed E-state index contributed by atoms with van der Waals surface area (Å²) in [7, 11) is 3.44. The maximum absolute atomic E-state index is 12.2. The second-order valence-corrected chi connectivity index (χ2v) is 10.5. The quantitative estimate of drug-likeness (QED) is 0.297. The molecule has 1 aliphatic rings. The van der Waals surface area contributed by atoms with Crippen molar-refractivity contribution < 1.29 is 19.1 Å². The molecule has 0 saturated carbocycles. The zero-order valence-corrected chi connectivity index (χ0v) is 21.3. The first-order chi connectivity index (χ1) is 14.9. The molecule has 1 aromatic carbocycles. The van der Waals surface area contributed by atoms with Gasteiger partial charge in [-0.2, -0.15) is 0 Å². The highest BCUT2D eigenvalue weighted by Gasteiger charge is 2.38. The van der Waals surface area contributed by atoms with E-state index in [0.717, 1.165) is 29.7 Å². The van der Waals surface area contributed by atoms with Gasteiger partial charge in [-0.3, -0.25) is 4.79 Å². The summed E-state index contributed by atoms with van der Waals surface area (Å²) in [6.45, 7) is 12.7. The minimum atomic E-state index is -0.391. The van der Waals surface area contributed by atoms with Gasteiger partial charge in [0.15, 0.2) is 0 Å². The highest BCUT2D eigenvalue weighted by atomic mass is 16.5. The molecule has 2 rings (SSSR count). The number of hydrogen-bond donors (Lipinski definition) is 1. The number of rotatable bonds is 9. The predicted octanol–water partition coefficient (Wildman–Crippen LogP) is 5.78. The lowest BCUT2D eigenvalue weighted by molar-refractivity contribution is -0.132. The molecule has 32 heavy (non-hydrogen) atoms. The second-order valence-electron chi connectivity index (χ2n) is 10.5. The standard InChI is InChI=1S/C26H42N2O4/c1-9-10-11-12-13-25(3,4)20-14-21(31-18(2)29)23-19(17-27-24(30)28(7)8)16-26(5,6)32-22(23)15-20/h14-15,19H,9-13,16-17H2,1-8H3,(H,27,30). The topological polar surface area (TPSA) is 67.9 Å². The molecule has 6 nitrogen and oxygen atoms in total. The molecular weight excluding hydrogens is 404 g/mol. The van der Waals surface area contributed by atoms with Crippen molar-refractivity contribution in [2.75, 3.05) is 20.6 Å². The predicted molar refractivity (Wildman–Crippen MR) is 129 cm³/mol. The van der Waals surface area contributed by atoms with Crippen LogP contribution < -0.4 is 14.8 Å². The van der Waals surface area contributed by atoms with E-state index >= 15 is 0 Å². The molecule has 0 spiro atoms. The summed E-state index contributed by atoms with van der Waals surface area (Å²) < 4.78 is 12.1. The average molecular weight is 447 g/mol. The van der Waals surface area contributed by atoms with Gasteiger partial charge in [0.1, 0.15) is 17.1 Å². The van der Waals surface area contributed by atoms with E-state index < -0.39 is 5.60 Å². The molecule has 180 valence electrons. The van der Waals surface area contributed by atoms with Gasteiger partial charge in [0.05, 0.1) is 0 Å². The third-order valence-corrected chi connectivity index (χ3v) is 6.23. The summed E-state index contributed by atoms with van der Waals surface area (Å²) in [5, 5.41) is 2.99. The number of amides is 2. The number of benzene rings is 1. The summed E-state index contributed by atoms with van der Waals surface area (Å²) in [6.07, 6.45) is 6.60. The van der Waals surface area contributed by atoms with Crippen LogP contribution in [0.4, 0.5) is 4.79 Å². The number of carbonyl (C=O) groups excluding carboxylic acids is 2. The Morgan fingerprint density at radius 3 is 2.50 bits per heavy atom. The van der Waals surface area contributed by atoms with Crippen molar-refractivity contribution in [1.29, 1.82) is 0 Å². The number of fused-ring (bicyclic) bond motifs is 1. The first-order valence-corrected chi connectivity index (χ1v) is 11.9. The minimum absolute atomic E-state index is 0.0197. The third-order valence-electron chi connectivity index (χ3n) is 6.23. The number of hydrogen-bond acceptors (Lipinski definition) is 4. The highest BCUT2D eigenvalue weighted by molar-refractivity contribution is 5.74. The maximum Gasteiger partial charge on any atom is 0.316 e. The van der Waals surface area contributed by atoms with Crippen molar-refractivity contribution in [3.63, 3.8) is 0 Å². The Kier molecular flexibility index (Phi) is 8.60. The van der Waals surface area contributed by atoms with Gasteiger partial charge in [-0.05, 0) is 49.8 Å². The number of nitrogens with zero attached hydrogens (tertiary/aromatic N) is 1. The molecule has 0 aromatic heterocycles. The monoisotopic (exact) mass is 446 g/mol. The molecule has 2 amide bonds. The summed E-state index contributed by atoms with van der Waals surface area (Å²) in [6, 6.07) is 3.97. The zero-order valence-electron chi connectivity index (χ0n) is 21.3. The van der Waals surface area contributed by atoms with E-state index in [1.54, 1.807) is 14.1 Å². The van der Waals surface area contributed by atoms with Gasteiger partial charge in [0.2, 0.25) is 0 Å². The molecule has 0 saturated heterocycles. The lowest BCUT2D eigenvalue weighted by Gasteiger charge is -2.39. The summed E-state index contributed by atoms with van der Waals surface area (Å²) in [4.78, 5) is 25.6. The molecule has 1 N–H and O–H groups in total. The van der Waals surface area contributed by atoms with Crippen LogP contribution in [-0.2, 0) is 10.2 Å². The number of unbranched alkanes of at least 4 members (excludes halogenated alkanes) is 3. The number of esters is 1. The van der Waals surface area contributed by atoms with Crippen LogP contribution in [0.25, 0.3) is 0 Å². The Hall–Kier alpha value is -2.24. The molecular formula is C26H42N2O4. The minimum Gasteiger partial charge on any atom is -0.487 e. The van der Waals surface area contributed by atoms with Crippen molar-refractivity contribution in [3.8, 4) is 11.5 Å². The normalized spacial score (nSPS) is 17.2. The smallest absolute Gasteiger partial charge is 0.316 e. The largest absolute Gasteiger partial charge is 0.487 e. The average Bonchev–Trinajstić information content (AvgIpc) is 2.67. The van der Waals surface area contributed by atoms with E-state index in [0.29, 0.717) is 18.7 Å². The van der Waals surface area contributed by atoms with Crippen molar-refractivity contribution >= 4 is 12.0 Å². The number of nitrogens with one attached hydrogen (secondary N) is 1. The summed E-state index contributed by atoms with van der Waals surface area (Å²) in [5.41, 5.74) is 1.51. The summed E-state index contributed by atoms with van der Waals surface area (Å²) in [5.74, 6) is 0.923. The van der Waals surface area contributed by atoms with Crippen molar-refractivity contribution in [1.82, 2.24) is 10.2 Å². The fourth-order valence-corrected chi connectivity index (χ4v) is 4.43. The molecule has 1 atom stereocenters. The first-order valence-electron chi connectivity index (χ1n) is 11.9. The number of ether oxygens (including phenoxy) is 2. The number of urea groups is 1.